The van der Waals surface area contributed by atoms with Gasteiger partial charge in [0.25, 0.3) is 0 Å². The monoisotopic (exact) mass is 228 g/mol. The average molecular weight is 228 g/mol. The molecule has 1 rings (SSSR count). The van der Waals surface area contributed by atoms with Crippen LogP contribution in [0.15, 0.2) is 0 Å². The average Bonchev–Trinajstić information content (AvgIpc) is 3.02. The van der Waals surface area contributed by atoms with E-state index in [9.17, 15) is 4.79 Å². The van der Waals surface area contributed by atoms with Crippen molar-refractivity contribution in [3.63, 3.8) is 0 Å². The molecule has 4 heteroatoms. The SMILES string of the molecule is COCCN(C(=O)CCNC(C)C)C1CC1. The van der Waals surface area contributed by atoms with Crippen LogP contribution in [0, 0.1) is 0 Å². The predicted octanol–water partition coefficient (Wildman–Crippen LogP) is 1.01. The van der Waals surface area contributed by atoms with Crippen molar-refractivity contribution in [3.8, 4) is 0 Å². The molecule has 0 bridgehead atoms. The lowest BCUT2D eigenvalue weighted by Gasteiger charge is -2.22. The van der Waals surface area contributed by atoms with Gasteiger partial charge in [-0.2, -0.15) is 0 Å². The van der Waals surface area contributed by atoms with Crippen molar-refractivity contribution in [1.29, 1.82) is 0 Å². The van der Waals surface area contributed by atoms with Gasteiger partial charge < -0.3 is 15.0 Å². The minimum Gasteiger partial charge on any atom is -0.383 e. The maximum atomic E-state index is 11.9. The highest BCUT2D eigenvalue weighted by molar-refractivity contribution is 5.77. The predicted molar refractivity (Wildman–Crippen MR) is 64.4 cm³/mol. The van der Waals surface area contributed by atoms with Gasteiger partial charge in [-0.3, -0.25) is 4.79 Å². The van der Waals surface area contributed by atoms with Gasteiger partial charge in [-0.15, -0.1) is 0 Å². The zero-order valence-corrected chi connectivity index (χ0v) is 10.7. The van der Waals surface area contributed by atoms with Crippen LogP contribution in [-0.4, -0.2) is 49.7 Å². The van der Waals surface area contributed by atoms with Crippen LogP contribution in [-0.2, 0) is 9.53 Å². The number of amides is 1. The second-order valence-corrected chi connectivity index (χ2v) is 4.67. The van der Waals surface area contributed by atoms with E-state index in [1.807, 2.05) is 4.90 Å². The first-order valence-electron chi connectivity index (χ1n) is 6.17. The summed E-state index contributed by atoms with van der Waals surface area (Å²) >= 11 is 0. The number of carbonyl (C=O) groups excluding carboxylic acids is 1. The molecule has 1 amide bonds. The second kappa shape index (κ2) is 6.86. The van der Waals surface area contributed by atoms with Crippen LogP contribution in [0.1, 0.15) is 33.1 Å². The molecule has 0 spiro atoms. The molecule has 0 saturated heterocycles. The van der Waals surface area contributed by atoms with E-state index in [2.05, 4.69) is 19.2 Å². The lowest BCUT2D eigenvalue weighted by atomic mass is 10.3. The first-order valence-corrected chi connectivity index (χ1v) is 6.17. The van der Waals surface area contributed by atoms with Crippen molar-refractivity contribution in [2.24, 2.45) is 0 Å². The van der Waals surface area contributed by atoms with Crippen LogP contribution < -0.4 is 5.32 Å². The van der Waals surface area contributed by atoms with E-state index in [4.69, 9.17) is 4.74 Å². The molecule has 16 heavy (non-hydrogen) atoms. The van der Waals surface area contributed by atoms with Crippen LogP contribution in [0.3, 0.4) is 0 Å². The van der Waals surface area contributed by atoms with Crippen LogP contribution in [0.2, 0.25) is 0 Å². The number of ether oxygens (including phenoxy) is 1. The molecule has 0 atom stereocenters. The fourth-order valence-electron chi connectivity index (χ4n) is 1.70. The molecule has 0 radical (unpaired) electrons. The maximum absolute atomic E-state index is 11.9. The van der Waals surface area contributed by atoms with Crippen molar-refractivity contribution in [2.75, 3.05) is 26.8 Å². The zero-order chi connectivity index (χ0) is 12.0. The first-order chi connectivity index (χ1) is 7.65. The van der Waals surface area contributed by atoms with Crippen LogP contribution >= 0.6 is 0 Å². The van der Waals surface area contributed by atoms with Gasteiger partial charge >= 0.3 is 0 Å². The lowest BCUT2D eigenvalue weighted by molar-refractivity contribution is -0.132. The second-order valence-electron chi connectivity index (χ2n) is 4.67. The molecule has 1 N–H and O–H groups in total. The number of hydrogen-bond donors (Lipinski definition) is 1. The van der Waals surface area contributed by atoms with E-state index < -0.39 is 0 Å². The van der Waals surface area contributed by atoms with Crippen molar-refractivity contribution < 1.29 is 9.53 Å². The Bertz CT molecular complexity index is 215. The van der Waals surface area contributed by atoms with Gasteiger partial charge in [0.05, 0.1) is 6.61 Å². The van der Waals surface area contributed by atoms with E-state index in [0.29, 0.717) is 25.1 Å². The third kappa shape index (κ3) is 4.94. The van der Waals surface area contributed by atoms with Gasteiger partial charge in [-0.05, 0) is 12.8 Å². The van der Waals surface area contributed by atoms with Crippen LogP contribution in [0.5, 0.6) is 0 Å². The Balaban J connectivity index is 2.24. The maximum Gasteiger partial charge on any atom is 0.224 e. The van der Waals surface area contributed by atoms with Gasteiger partial charge in [0.2, 0.25) is 5.91 Å². The van der Waals surface area contributed by atoms with Crippen molar-refractivity contribution in [1.82, 2.24) is 10.2 Å². The summed E-state index contributed by atoms with van der Waals surface area (Å²) in [5.41, 5.74) is 0. The first kappa shape index (κ1) is 13.5. The molecule has 0 unspecified atom stereocenters. The van der Waals surface area contributed by atoms with E-state index in [-0.39, 0.29) is 5.91 Å². The summed E-state index contributed by atoms with van der Waals surface area (Å²) in [6.07, 6.45) is 2.92. The quantitative estimate of drug-likeness (QED) is 0.674. The fraction of sp³-hybridized carbons (Fsp3) is 0.917. The molecule has 0 heterocycles. The summed E-state index contributed by atoms with van der Waals surface area (Å²) in [5, 5.41) is 3.27. The number of carbonyl (C=O) groups is 1. The number of methoxy groups -OCH3 is 1. The van der Waals surface area contributed by atoms with Gasteiger partial charge in [-0.1, -0.05) is 13.8 Å². The van der Waals surface area contributed by atoms with Gasteiger partial charge in [-0.25, -0.2) is 0 Å². The normalized spacial score (nSPS) is 15.5. The molecule has 4 nitrogen and oxygen atoms in total. The Morgan fingerprint density at radius 1 is 1.50 bits per heavy atom. The summed E-state index contributed by atoms with van der Waals surface area (Å²) < 4.78 is 5.03. The highest BCUT2D eigenvalue weighted by atomic mass is 16.5. The molecular weight excluding hydrogens is 204 g/mol. The van der Waals surface area contributed by atoms with Gasteiger partial charge in [0.15, 0.2) is 0 Å². The molecule has 1 saturated carbocycles. The summed E-state index contributed by atoms with van der Waals surface area (Å²) in [7, 11) is 1.68. The number of nitrogens with one attached hydrogen (secondary N) is 1. The molecule has 0 aromatic heterocycles. The highest BCUT2D eigenvalue weighted by Gasteiger charge is 2.31. The standard InChI is InChI=1S/C12H24N2O2/c1-10(2)13-7-6-12(15)14(8-9-16-3)11-4-5-11/h10-11,13H,4-9H2,1-3H3. The third-order valence-electron chi connectivity index (χ3n) is 2.74. The number of hydrogen-bond acceptors (Lipinski definition) is 3. The van der Waals surface area contributed by atoms with Crippen molar-refractivity contribution >= 4 is 5.91 Å². The van der Waals surface area contributed by atoms with E-state index >= 15 is 0 Å². The smallest absolute Gasteiger partial charge is 0.224 e. The van der Waals surface area contributed by atoms with Crippen LogP contribution in [0.4, 0.5) is 0 Å². The summed E-state index contributed by atoms with van der Waals surface area (Å²) in [6.45, 7) is 6.33. The van der Waals surface area contributed by atoms with E-state index in [1.54, 1.807) is 7.11 Å². The zero-order valence-electron chi connectivity index (χ0n) is 10.7. The highest BCUT2D eigenvalue weighted by Crippen LogP contribution is 2.26. The minimum atomic E-state index is 0.257. The molecule has 1 aliphatic carbocycles. The number of nitrogens with zero attached hydrogens (tertiary/aromatic N) is 1. The Morgan fingerprint density at radius 2 is 2.19 bits per heavy atom. The molecule has 0 aromatic rings. The van der Waals surface area contributed by atoms with E-state index in [1.165, 1.54) is 0 Å². The lowest BCUT2D eigenvalue weighted by Crippen LogP contribution is -2.38. The molecule has 1 aliphatic rings. The largest absolute Gasteiger partial charge is 0.383 e. The summed E-state index contributed by atoms with van der Waals surface area (Å²) in [6, 6.07) is 0.933. The van der Waals surface area contributed by atoms with Crippen molar-refractivity contribution in [3.05, 3.63) is 0 Å². The molecule has 0 aromatic carbocycles. The molecule has 1 fully saturated rings. The Morgan fingerprint density at radius 3 is 2.69 bits per heavy atom. The van der Waals surface area contributed by atoms with Crippen LogP contribution in [0.25, 0.3) is 0 Å². The fourth-order valence-corrected chi connectivity index (χ4v) is 1.70. The summed E-state index contributed by atoms with van der Waals surface area (Å²) in [4.78, 5) is 13.9. The molecule has 94 valence electrons. The molecule has 0 aliphatic heterocycles. The Labute approximate surface area is 98.3 Å². The Kier molecular flexibility index (Phi) is 5.77. The van der Waals surface area contributed by atoms with Gasteiger partial charge in [0.1, 0.15) is 0 Å². The minimum absolute atomic E-state index is 0.257. The van der Waals surface area contributed by atoms with Gasteiger partial charge in [0, 0.05) is 38.7 Å². The molecular formula is C12H24N2O2. The third-order valence-corrected chi connectivity index (χ3v) is 2.74. The number of rotatable bonds is 8. The van der Waals surface area contributed by atoms with E-state index in [0.717, 1.165) is 25.9 Å². The summed E-state index contributed by atoms with van der Waals surface area (Å²) in [5.74, 6) is 0.257. The Hall–Kier alpha value is -0.610. The van der Waals surface area contributed by atoms with Crippen molar-refractivity contribution in [2.45, 2.75) is 45.2 Å². The topological polar surface area (TPSA) is 41.6 Å².